The van der Waals surface area contributed by atoms with Crippen molar-refractivity contribution in [3.63, 3.8) is 0 Å². The molecular formula is C21H22N2O4S. The monoisotopic (exact) mass is 398 g/mol. The van der Waals surface area contributed by atoms with Gasteiger partial charge in [0.1, 0.15) is 5.75 Å². The van der Waals surface area contributed by atoms with Gasteiger partial charge in [0.25, 0.3) is 0 Å². The maximum absolute atomic E-state index is 12.6. The van der Waals surface area contributed by atoms with Crippen molar-refractivity contribution in [2.45, 2.75) is 13.5 Å². The summed E-state index contributed by atoms with van der Waals surface area (Å²) in [4.78, 5) is 3.98. The molecule has 6 nitrogen and oxygen atoms in total. The zero-order chi connectivity index (χ0) is 20.0. The van der Waals surface area contributed by atoms with Gasteiger partial charge in [0.2, 0.25) is 10.0 Å². The van der Waals surface area contributed by atoms with Crippen LogP contribution in [0.5, 0.6) is 17.2 Å². The van der Waals surface area contributed by atoms with Gasteiger partial charge in [-0.05, 0) is 61.0 Å². The predicted molar refractivity (Wildman–Crippen MR) is 109 cm³/mol. The number of aromatic nitrogens is 1. The topological polar surface area (TPSA) is 68.7 Å². The quantitative estimate of drug-likeness (QED) is 0.568. The number of ether oxygens (including phenoxy) is 2. The van der Waals surface area contributed by atoms with Gasteiger partial charge in [-0.15, -0.1) is 0 Å². The number of methoxy groups -OCH3 is 1. The molecule has 0 aliphatic heterocycles. The van der Waals surface area contributed by atoms with Crippen molar-refractivity contribution in [3.8, 4) is 17.2 Å². The number of hydrogen-bond donors (Lipinski definition) is 0. The summed E-state index contributed by atoms with van der Waals surface area (Å²) >= 11 is 0. The fraction of sp³-hybridized carbons (Fsp3) is 0.190. The highest BCUT2D eigenvalue weighted by molar-refractivity contribution is 7.92. The van der Waals surface area contributed by atoms with Crippen molar-refractivity contribution in [2.24, 2.45) is 0 Å². The number of benzene rings is 2. The van der Waals surface area contributed by atoms with Crippen LogP contribution in [-0.2, 0) is 16.6 Å². The minimum Gasteiger partial charge on any atom is -0.493 e. The Balaban J connectivity index is 1.86. The van der Waals surface area contributed by atoms with Crippen LogP contribution >= 0.6 is 0 Å². The molecule has 7 heteroatoms. The van der Waals surface area contributed by atoms with Crippen molar-refractivity contribution in [2.75, 3.05) is 17.2 Å². The van der Waals surface area contributed by atoms with E-state index in [0.717, 1.165) is 5.56 Å². The molecule has 0 aliphatic carbocycles. The zero-order valence-electron chi connectivity index (χ0n) is 15.8. The van der Waals surface area contributed by atoms with E-state index in [1.807, 2.05) is 24.3 Å². The first-order valence-electron chi connectivity index (χ1n) is 8.83. The zero-order valence-corrected chi connectivity index (χ0v) is 16.6. The molecule has 146 valence electrons. The lowest BCUT2D eigenvalue weighted by Crippen LogP contribution is -2.31. The van der Waals surface area contributed by atoms with Crippen molar-refractivity contribution in [3.05, 3.63) is 78.6 Å². The highest BCUT2D eigenvalue weighted by Gasteiger charge is 2.21. The van der Waals surface area contributed by atoms with Crippen LogP contribution in [0.15, 0.2) is 73.1 Å². The number of hydrogen-bond acceptors (Lipinski definition) is 5. The van der Waals surface area contributed by atoms with Crippen molar-refractivity contribution in [1.29, 1.82) is 0 Å². The molecule has 0 saturated heterocycles. The first-order valence-corrected chi connectivity index (χ1v) is 10.4. The Kier molecular flexibility index (Phi) is 6.16. The molecule has 0 spiro atoms. The predicted octanol–water partition coefficient (Wildman–Crippen LogP) is 4.24. The Morgan fingerprint density at radius 2 is 1.57 bits per heavy atom. The molecule has 0 aliphatic rings. The third kappa shape index (κ3) is 4.61. The average molecular weight is 398 g/mol. The number of sulfonamides is 1. The lowest BCUT2D eigenvalue weighted by atomic mass is 10.2. The number of anilines is 1. The van der Waals surface area contributed by atoms with Crippen LogP contribution in [0.1, 0.15) is 12.5 Å². The van der Waals surface area contributed by atoms with Gasteiger partial charge < -0.3 is 9.47 Å². The molecule has 28 heavy (non-hydrogen) atoms. The van der Waals surface area contributed by atoms with Crippen LogP contribution in [-0.4, -0.2) is 26.3 Å². The van der Waals surface area contributed by atoms with Gasteiger partial charge in [-0.3, -0.25) is 9.29 Å². The highest BCUT2D eigenvalue weighted by Crippen LogP contribution is 2.32. The van der Waals surface area contributed by atoms with E-state index in [0.29, 0.717) is 22.9 Å². The SMILES string of the molecule is CCS(=O)(=O)N(Cc1ccncc1)c1ccc(Oc2ccccc2OC)cc1. The first kappa shape index (κ1) is 19.7. The van der Waals surface area contributed by atoms with Crippen molar-refractivity contribution in [1.82, 2.24) is 4.98 Å². The van der Waals surface area contributed by atoms with Gasteiger partial charge in [0, 0.05) is 12.4 Å². The van der Waals surface area contributed by atoms with E-state index in [2.05, 4.69) is 4.98 Å². The smallest absolute Gasteiger partial charge is 0.235 e. The normalized spacial score (nSPS) is 11.1. The summed E-state index contributed by atoms with van der Waals surface area (Å²) in [6.45, 7) is 1.87. The molecule has 1 aromatic heterocycles. The number of nitrogens with zero attached hydrogens (tertiary/aromatic N) is 2. The average Bonchev–Trinajstić information content (AvgIpc) is 2.74. The van der Waals surface area contributed by atoms with Gasteiger partial charge in [-0.25, -0.2) is 8.42 Å². The van der Waals surface area contributed by atoms with Gasteiger partial charge in [0.15, 0.2) is 11.5 Å². The second-order valence-electron chi connectivity index (χ2n) is 6.01. The van der Waals surface area contributed by atoms with Crippen molar-refractivity contribution >= 4 is 15.7 Å². The summed E-state index contributed by atoms with van der Waals surface area (Å²) < 4.78 is 37.8. The minimum atomic E-state index is -3.44. The van der Waals surface area contributed by atoms with E-state index in [9.17, 15) is 8.42 Å². The number of pyridine rings is 1. The molecule has 0 fully saturated rings. The molecule has 2 aromatic carbocycles. The van der Waals surface area contributed by atoms with E-state index in [-0.39, 0.29) is 12.3 Å². The fourth-order valence-corrected chi connectivity index (χ4v) is 3.77. The summed E-state index contributed by atoms with van der Waals surface area (Å²) in [5, 5.41) is 0. The van der Waals surface area contributed by atoms with Crippen LogP contribution in [0, 0.1) is 0 Å². The third-order valence-electron chi connectivity index (χ3n) is 4.20. The molecule has 3 rings (SSSR count). The molecule has 1 heterocycles. The Morgan fingerprint density at radius 1 is 0.929 bits per heavy atom. The maximum Gasteiger partial charge on any atom is 0.235 e. The summed E-state index contributed by atoms with van der Waals surface area (Å²) in [6, 6.07) is 17.9. The van der Waals surface area contributed by atoms with E-state index >= 15 is 0 Å². The third-order valence-corrected chi connectivity index (χ3v) is 5.94. The number of para-hydroxylation sites is 2. The largest absolute Gasteiger partial charge is 0.493 e. The minimum absolute atomic E-state index is 0.0115. The van der Waals surface area contributed by atoms with E-state index < -0.39 is 10.0 Å². The Morgan fingerprint density at radius 3 is 2.18 bits per heavy atom. The molecule has 0 unspecified atom stereocenters. The summed E-state index contributed by atoms with van der Waals surface area (Å²) in [5.74, 6) is 1.82. The first-order chi connectivity index (χ1) is 13.5. The van der Waals surface area contributed by atoms with Gasteiger partial charge in [-0.2, -0.15) is 0 Å². The molecule has 0 saturated carbocycles. The highest BCUT2D eigenvalue weighted by atomic mass is 32.2. The lowest BCUT2D eigenvalue weighted by Gasteiger charge is -2.24. The Bertz CT molecular complexity index is 1010. The second kappa shape index (κ2) is 8.75. The second-order valence-corrected chi connectivity index (χ2v) is 8.19. The summed E-state index contributed by atoms with van der Waals surface area (Å²) in [5.41, 5.74) is 1.44. The van der Waals surface area contributed by atoms with Crippen LogP contribution in [0.3, 0.4) is 0 Å². The number of rotatable bonds is 8. The molecule has 0 N–H and O–H groups in total. The molecular weight excluding hydrogens is 376 g/mol. The molecule has 0 bridgehead atoms. The van der Waals surface area contributed by atoms with E-state index in [4.69, 9.17) is 9.47 Å². The van der Waals surface area contributed by atoms with Crippen molar-refractivity contribution < 1.29 is 17.9 Å². The molecule has 0 radical (unpaired) electrons. The van der Waals surface area contributed by atoms with Gasteiger partial charge in [0.05, 0.1) is 25.1 Å². The lowest BCUT2D eigenvalue weighted by molar-refractivity contribution is 0.379. The van der Waals surface area contributed by atoms with Crippen LogP contribution in [0.2, 0.25) is 0 Å². The van der Waals surface area contributed by atoms with Crippen LogP contribution in [0.4, 0.5) is 5.69 Å². The standard InChI is InChI=1S/C21H22N2O4S/c1-3-28(24,25)23(16-17-12-14-22-15-13-17)18-8-10-19(11-9-18)27-21-7-5-4-6-20(21)26-2/h4-15H,3,16H2,1-2H3. The van der Waals surface area contributed by atoms with Crippen LogP contribution < -0.4 is 13.8 Å². The van der Waals surface area contributed by atoms with Crippen LogP contribution in [0.25, 0.3) is 0 Å². The molecule has 0 amide bonds. The molecule has 0 atom stereocenters. The van der Waals surface area contributed by atoms with Gasteiger partial charge in [-0.1, -0.05) is 12.1 Å². The summed E-state index contributed by atoms with van der Waals surface area (Å²) in [7, 11) is -1.86. The fourth-order valence-electron chi connectivity index (χ4n) is 2.67. The Hall–Kier alpha value is -3.06. The molecule has 3 aromatic rings. The van der Waals surface area contributed by atoms with E-state index in [1.165, 1.54) is 4.31 Å². The van der Waals surface area contributed by atoms with E-state index in [1.54, 1.807) is 62.8 Å². The maximum atomic E-state index is 12.6. The Labute approximate surface area is 165 Å². The van der Waals surface area contributed by atoms with Gasteiger partial charge >= 0.3 is 0 Å². The summed E-state index contributed by atoms with van der Waals surface area (Å²) in [6.07, 6.45) is 3.30.